The van der Waals surface area contributed by atoms with E-state index < -0.39 is 16.7 Å². The predicted molar refractivity (Wildman–Crippen MR) is 61.3 cm³/mol. The van der Waals surface area contributed by atoms with Crippen LogP contribution in [0.25, 0.3) is 10.9 Å². The SMILES string of the molecule is COC(=O)C(=O)c1c[nH]c2cc([N+](=O)[O-])ccc12. The second-order valence-corrected chi connectivity index (χ2v) is 3.51. The molecule has 2 rings (SSSR count). The lowest BCUT2D eigenvalue weighted by Crippen LogP contribution is -2.15. The van der Waals surface area contributed by atoms with Crippen molar-refractivity contribution in [2.24, 2.45) is 0 Å². The molecule has 0 unspecified atom stereocenters. The molecule has 0 aliphatic rings. The topological polar surface area (TPSA) is 102 Å². The molecule has 1 aromatic heterocycles. The van der Waals surface area contributed by atoms with Crippen LogP contribution in [0.1, 0.15) is 10.4 Å². The fourth-order valence-electron chi connectivity index (χ4n) is 1.62. The number of carbonyl (C=O) groups excluding carboxylic acids is 2. The first-order chi connectivity index (χ1) is 8.54. The van der Waals surface area contributed by atoms with Crippen molar-refractivity contribution in [3.8, 4) is 0 Å². The molecule has 18 heavy (non-hydrogen) atoms. The molecule has 7 heteroatoms. The Morgan fingerprint density at radius 1 is 1.39 bits per heavy atom. The van der Waals surface area contributed by atoms with Crippen molar-refractivity contribution in [3.63, 3.8) is 0 Å². The second kappa shape index (κ2) is 4.28. The number of ether oxygens (including phenoxy) is 1. The fraction of sp³-hybridized carbons (Fsp3) is 0.0909. The summed E-state index contributed by atoms with van der Waals surface area (Å²) in [4.78, 5) is 35.5. The van der Waals surface area contributed by atoms with Gasteiger partial charge in [0.2, 0.25) is 0 Å². The molecule has 0 spiro atoms. The first kappa shape index (κ1) is 11.8. The number of ketones is 1. The number of methoxy groups -OCH3 is 1. The molecule has 0 saturated carbocycles. The molecule has 0 radical (unpaired) electrons. The van der Waals surface area contributed by atoms with Gasteiger partial charge in [-0.1, -0.05) is 0 Å². The van der Waals surface area contributed by atoms with Crippen LogP contribution in [-0.2, 0) is 9.53 Å². The zero-order valence-electron chi connectivity index (χ0n) is 9.30. The van der Waals surface area contributed by atoms with Gasteiger partial charge in [-0.05, 0) is 6.07 Å². The quantitative estimate of drug-likeness (QED) is 0.291. The summed E-state index contributed by atoms with van der Waals surface area (Å²) in [5.74, 6) is -1.77. The van der Waals surface area contributed by atoms with Crippen molar-refractivity contribution in [1.29, 1.82) is 0 Å². The minimum atomic E-state index is -0.978. The Labute approximate surface area is 101 Å². The van der Waals surface area contributed by atoms with Crippen molar-refractivity contribution < 1.29 is 19.2 Å². The third-order valence-corrected chi connectivity index (χ3v) is 2.49. The average molecular weight is 248 g/mol. The summed E-state index contributed by atoms with van der Waals surface area (Å²) in [5.41, 5.74) is 0.449. The lowest BCUT2D eigenvalue weighted by molar-refractivity contribution is -0.384. The molecule has 2 aromatic rings. The second-order valence-electron chi connectivity index (χ2n) is 3.51. The van der Waals surface area contributed by atoms with Crippen LogP contribution in [0, 0.1) is 10.1 Å². The highest BCUT2D eigenvalue weighted by Gasteiger charge is 2.21. The smallest absolute Gasteiger partial charge is 0.379 e. The van der Waals surface area contributed by atoms with Crippen LogP contribution >= 0.6 is 0 Å². The number of non-ortho nitro benzene ring substituents is 1. The summed E-state index contributed by atoms with van der Waals surface area (Å²) in [6, 6.07) is 3.98. The van der Waals surface area contributed by atoms with Gasteiger partial charge >= 0.3 is 5.97 Å². The molecule has 1 aromatic carbocycles. The highest BCUT2D eigenvalue weighted by molar-refractivity contribution is 6.42. The molecule has 7 nitrogen and oxygen atoms in total. The summed E-state index contributed by atoms with van der Waals surface area (Å²) in [6.07, 6.45) is 1.33. The molecule has 0 saturated heterocycles. The van der Waals surface area contributed by atoms with Gasteiger partial charge in [0, 0.05) is 23.7 Å². The van der Waals surface area contributed by atoms with Crippen LogP contribution in [0.4, 0.5) is 5.69 Å². The van der Waals surface area contributed by atoms with Gasteiger partial charge in [-0.3, -0.25) is 14.9 Å². The maximum atomic E-state index is 11.6. The number of benzene rings is 1. The Morgan fingerprint density at radius 2 is 2.11 bits per heavy atom. The van der Waals surface area contributed by atoms with E-state index in [2.05, 4.69) is 9.72 Å². The van der Waals surface area contributed by atoms with E-state index in [1.807, 2.05) is 0 Å². The van der Waals surface area contributed by atoms with Crippen molar-refractivity contribution >= 4 is 28.3 Å². The highest BCUT2D eigenvalue weighted by Crippen LogP contribution is 2.23. The molecule has 1 N–H and O–H groups in total. The molecule has 0 bridgehead atoms. The van der Waals surface area contributed by atoms with E-state index in [1.54, 1.807) is 0 Å². The van der Waals surface area contributed by atoms with Gasteiger partial charge in [0.05, 0.1) is 23.1 Å². The first-order valence-electron chi connectivity index (χ1n) is 4.92. The van der Waals surface area contributed by atoms with E-state index in [-0.39, 0.29) is 11.3 Å². The number of Topliss-reactive ketones (excluding diaryl/α,β-unsaturated/α-hetero) is 1. The van der Waals surface area contributed by atoms with Gasteiger partial charge in [0.1, 0.15) is 0 Å². The highest BCUT2D eigenvalue weighted by atomic mass is 16.6. The number of aromatic nitrogens is 1. The number of nitro benzene ring substituents is 1. The van der Waals surface area contributed by atoms with Crippen LogP contribution in [0.5, 0.6) is 0 Å². The van der Waals surface area contributed by atoms with Gasteiger partial charge in [-0.15, -0.1) is 0 Å². The van der Waals surface area contributed by atoms with E-state index in [9.17, 15) is 19.7 Å². The van der Waals surface area contributed by atoms with E-state index in [1.165, 1.54) is 24.4 Å². The summed E-state index contributed by atoms with van der Waals surface area (Å²) in [6.45, 7) is 0. The largest absolute Gasteiger partial charge is 0.463 e. The maximum Gasteiger partial charge on any atom is 0.379 e. The molecule has 0 fully saturated rings. The third-order valence-electron chi connectivity index (χ3n) is 2.49. The van der Waals surface area contributed by atoms with E-state index in [0.29, 0.717) is 10.9 Å². The minimum absolute atomic E-state index is 0.0959. The number of nitrogens with one attached hydrogen (secondary N) is 1. The number of hydrogen-bond donors (Lipinski definition) is 1. The van der Waals surface area contributed by atoms with E-state index in [0.717, 1.165) is 7.11 Å². The Bertz CT molecular complexity index is 658. The maximum absolute atomic E-state index is 11.6. The number of fused-ring (bicyclic) bond motifs is 1. The normalized spacial score (nSPS) is 10.3. The number of esters is 1. The number of H-pyrrole nitrogens is 1. The molecular formula is C11H8N2O5. The van der Waals surface area contributed by atoms with Crippen LogP contribution < -0.4 is 0 Å². The lowest BCUT2D eigenvalue weighted by atomic mass is 10.1. The van der Waals surface area contributed by atoms with Crippen LogP contribution in [-0.4, -0.2) is 28.8 Å². The molecule has 92 valence electrons. The standard InChI is InChI=1S/C11H8N2O5/c1-18-11(15)10(14)8-5-12-9-4-6(13(16)17)2-3-7(8)9/h2-5,12H,1H3. The van der Waals surface area contributed by atoms with Gasteiger partial charge in [0.15, 0.2) is 0 Å². The Morgan fingerprint density at radius 3 is 2.72 bits per heavy atom. The average Bonchev–Trinajstić information content (AvgIpc) is 2.79. The zero-order chi connectivity index (χ0) is 13.3. The van der Waals surface area contributed by atoms with Crippen molar-refractivity contribution in [1.82, 2.24) is 4.98 Å². The summed E-state index contributed by atoms with van der Waals surface area (Å²) in [5, 5.41) is 11.0. The number of rotatable bonds is 3. The van der Waals surface area contributed by atoms with Crippen molar-refractivity contribution in [3.05, 3.63) is 40.1 Å². The number of nitrogens with zero attached hydrogens (tertiary/aromatic N) is 1. The zero-order valence-corrected chi connectivity index (χ0v) is 9.30. The van der Waals surface area contributed by atoms with E-state index in [4.69, 9.17) is 0 Å². The van der Waals surface area contributed by atoms with Gasteiger partial charge in [0.25, 0.3) is 11.5 Å². The lowest BCUT2D eigenvalue weighted by Gasteiger charge is -1.97. The number of hydrogen-bond acceptors (Lipinski definition) is 5. The molecule has 0 aliphatic heterocycles. The molecule has 0 atom stereocenters. The fourth-order valence-corrected chi connectivity index (χ4v) is 1.62. The predicted octanol–water partition coefficient (Wildman–Crippen LogP) is 1.43. The van der Waals surface area contributed by atoms with Crippen LogP contribution in [0.15, 0.2) is 24.4 Å². The van der Waals surface area contributed by atoms with Crippen molar-refractivity contribution in [2.75, 3.05) is 7.11 Å². The summed E-state index contributed by atoms with van der Waals surface area (Å²) in [7, 11) is 1.11. The number of carbonyl (C=O) groups is 2. The Balaban J connectivity index is 2.53. The Hall–Kier alpha value is -2.70. The van der Waals surface area contributed by atoms with Crippen molar-refractivity contribution in [2.45, 2.75) is 0 Å². The number of aromatic amines is 1. The molecule has 0 amide bonds. The van der Waals surface area contributed by atoms with Crippen LogP contribution in [0.2, 0.25) is 0 Å². The van der Waals surface area contributed by atoms with Crippen LogP contribution in [0.3, 0.4) is 0 Å². The van der Waals surface area contributed by atoms with Gasteiger partial charge in [-0.2, -0.15) is 0 Å². The van der Waals surface area contributed by atoms with E-state index >= 15 is 0 Å². The Kier molecular flexibility index (Phi) is 2.80. The van der Waals surface area contributed by atoms with Gasteiger partial charge in [-0.25, -0.2) is 4.79 Å². The molecular weight excluding hydrogens is 240 g/mol. The summed E-state index contributed by atoms with van der Waals surface area (Å²) >= 11 is 0. The monoisotopic (exact) mass is 248 g/mol. The summed E-state index contributed by atoms with van der Waals surface area (Å²) < 4.78 is 4.34. The van der Waals surface area contributed by atoms with Gasteiger partial charge < -0.3 is 9.72 Å². The molecule has 1 heterocycles. The molecule has 0 aliphatic carbocycles. The third kappa shape index (κ3) is 1.81. The number of nitro groups is 1. The first-order valence-corrected chi connectivity index (χ1v) is 4.92. The minimum Gasteiger partial charge on any atom is -0.463 e.